The zero-order valence-electron chi connectivity index (χ0n) is 10.4. The van der Waals surface area contributed by atoms with E-state index in [1.165, 1.54) is 12.1 Å². The maximum absolute atomic E-state index is 12.1. The van der Waals surface area contributed by atoms with Crippen molar-refractivity contribution >= 4 is 46.4 Å². The third kappa shape index (κ3) is 3.18. The Balaban J connectivity index is 2.32. The Bertz CT molecular complexity index is 686. The number of anilines is 1. The van der Waals surface area contributed by atoms with Crippen LogP contribution in [-0.4, -0.2) is 11.0 Å². The van der Waals surface area contributed by atoms with Gasteiger partial charge in [-0.1, -0.05) is 40.9 Å². The van der Waals surface area contributed by atoms with E-state index in [1.54, 1.807) is 18.2 Å². The summed E-state index contributed by atoms with van der Waals surface area (Å²) in [6, 6.07) is 7.85. The van der Waals surface area contributed by atoms with Crippen molar-refractivity contribution in [1.82, 2.24) is 0 Å². The lowest BCUT2D eigenvalue weighted by atomic mass is 10.1. The molecule has 0 radical (unpaired) electrons. The van der Waals surface area contributed by atoms with E-state index in [4.69, 9.17) is 34.8 Å². The number of halogens is 3. The van der Waals surface area contributed by atoms with Crippen molar-refractivity contribution < 1.29 is 9.90 Å². The topological polar surface area (TPSA) is 49.3 Å². The summed E-state index contributed by atoms with van der Waals surface area (Å²) in [5, 5.41) is 13.0. The molecule has 2 aromatic rings. The highest BCUT2D eigenvalue weighted by molar-refractivity contribution is 6.37. The number of rotatable bonds is 2. The van der Waals surface area contributed by atoms with Gasteiger partial charge in [-0.3, -0.25) is 4.79 Å². The van der Waals surface area contributed by atoms with Gasteiger partial charge in [-0.05, 0) is 36.8 Å². The molecule has 0 fully saturated rings. The Morgan fingerprint density at radius 1 is 1.10 bits per heavy atom. The number of carbonyl (C=O) groups excluding carboxylic acids is 1. The number of aromatic hydroxyl groups is 1. The first-order chi connectivity index (χ1) is 9.38. The van der Waals surface area contributed by atoms with Crippen molar-refractivity contribution in [2.45, 2.75) is 6.92 Å². The van der Waals surface area contributed by atoms with Gasteiger partial charge in [0.05, 0.1) is 21.3 Å². The molecule has 20 heavy (non-hydrogen) atoms. The Hall–Kier alpha value is -1.42. The van der Waals surface area contributed by atoms with Gasteiger partial charge in [-0.15, -0.1) is 0 Å². The summed E-state index contributed by atoms with van der Waals surface area (Å²) in [5.74, 6) is -0.698. The van der Waals surface area contributed by atoms with Gasteiger partial charge in [-0.2, -0.15) is 0 Å². The van der Waals surface area contributed by atoms with E-state index < -0.39 is 5.91 Å². The zero-order chi connectivity index (χ0) is 14.9. The van der Waals surface area contributed by atoms with E-state index in [0.717, 1.165) is 5.56 Å². The summed E-state index contributed by atoms with van der Waals surface area (Å²) in [6.45, 7) is 1.87. The van der Waals surface area contributed by atoms with Crippen molar-refractivity contribution in [2.75, 3.05) is 5.32 Å². The number of benzene rings is 2. The van der Waals surface area contributed by atoms with Crippen LogP contribution in [0.1, 0.15) is 15.9 Å². The molecular formula is C14H10Cl3NO2. The molecular weight excluding hydrogens is 321 g/mol. The van der Waals surface area contributed by atoms with Crippen LogP contribution >= 0.6 is 34.8 Å². The molecule has 0 aliphatic carbocycles. The van der Waals surface area contributed by atoms with Crippen LogP contribution in [0, 0.1) is 6.92 Å². The Morgan fingerprint density at radius 3 is 2.45 bits per heavy atom. The van der Waals surface area contributed by atoms with E-state index >= 15 is 0 Å². The zero-order valence-corrected chi connectivity index (χ0v) is 12.6. The molecule has 0 bridgehead atoms. The van der Waals surface area contributed by atoms with Crippen LogP contribution in [0.2, 0.25) is 15.1 Å². The van der Waals surface area contributed by atoms with Crippen molar-refractivity contribution in [3.63, 3.8) is 0 Å². The average Bonchev–Trinajstić information content (AvgIpc) is 2.35. The number of aryl methyl sites for hydroxylation is 1. The van der Waals surface area contributed by atoms with E-state index in [9.17, 15) is 9.90 Å². The fourth-order valence-electron chi connectivity index (χ4n) is 1.66. The fraction of sp³-hybridized carbons (Fsp3) is 0.0714. The molecule has 0 atom stereocenters. The molecule has 0 saturated heterocycles. The third-order valence-electron chi connectivity index (χ3n) is 2.65. The first kappa shape index (κ1) is 15.0. The van der Waals surface area contributed by atoms with Gasteiger partial charge in [0.25, 0.3) is 5.91 Å². The standard InChI is InChI=1S/C14H10Cl3NO2/c1-7-2-3-9(10(16)4-7)14(20)18-12-6-8(15)5-11(17)13(12)19/h2-6,19H,1H3,(H,18,20). The number of amides is 1. The molecule has 2 aromatic carbocycles. The van der Waals surface area contributed by atoms with Crippen LogP contribution in [0.4, 0.5) is 5.69 Å². The minimum absolute atomic E-state index is 0.0582. The van der Waals surface area contributed by atoms with E-state index in [2.05, 4.69) is 5.32 Å². The van der Waals surface area contributed by atoms with Crippen LogP contribution in [0.15, 0.2) is 30.3 Å². The van der Waals surface area contributed by atoms with Crippen LogP contribution in [0.25, 0.3) is 0 Å². The van der Waals surface area contributed by atoms with Crippen molar-refractivity contribution in [3.05, 3.63) is 56.5 Å². The van der Waals surface area contributed by atoms with Crippen LogP contribution < -0.4 is 5.32 Å². The molecule has 0 spiro atoms. The molecule has 6 heteroatoms. The lowest BCUT2D eigenvalue weighted by Gasteiger charge is -2.10. The molecule has 0 saturated carbocycles. The summed E-state index contributed by atoms with van der Waals surface area (Å²) < 4.78 is 0. The lowest BCUT2D eigenvalue weighted by molar-refractivity contribution is 0.102. The number of nitrogens with one attached hydrogen (secondary N) is 1. The van der Waals surface area contributed by atoms with Crippen molar-refractivity contribution in [3.8, 4) is 5.75 Å². The van der Waals surface area contributed by atoms with Gasteiger partial charge in [0, 0.05) is 5.02 Å². The second-order valence-corrected chi connectivity index (χ2v) is 5.47. The molecule has 0 aromatic heterocycles. The quantitative estimate of drug-likeness (QED) is 0.768. The van der Waals surface area contributed by atoms with E-state index in [0.29, 0.717) is 15.6 Å². The maximum atomic E-state index is 12.1. The predicted molar refractivity (Wildman–Crippen MR) is 82.3 cm³/mol. The van der Waals surface area contributed by atoms with Gasteiger partial charge in [0.1, 0.15) is 0 Å². The first-order valence-corrected chi connectivity index (χ1v) is 6.77. The number of hydrogen-bond acceptors (Lipinski definition) is 2. The molecule has 1 amide bonds. The predicted octanol–water partition coefficient (Wildman–Crippen LogP) is 4.91. The van der Waals surface area contributed by atoms with Crippen LogP contribution in [0.3, 0.4) is 0 Å². The minimum atomic E-state index is -0.455. The Morgan fingerprint density at radius 2 is 1.80 bits per heavy atom. The SMILES string of the molecule is Cc1ccc(C(=O)Nc2cc(Cl)cc(Cl)c2O)c(Cl)c1. The summed E-state index contributed by atoms with van der Waals surface area (Å²) in [4.78, 5) is 12.1. The Labute approximate surface area is 131 Å². The first-order valence-electron chi connectivity index (χ1n) is 5.64. The van der Waals surface area contributed by atoms with Gasteiger partial charge in [0.15, 0.2) is 5.75 Å². The highest BCUT2D eigenvalue weighted by Gasteiger charge is 2.14. The summed E-state index contributed by atoms with van der Waals surface area (Å²) in [7, 11) is 0. The fourth-order valence-corrected chi connectivity index (χ4v) is 2.47. The minimum Gasteiger partial charge on any atom is -0.504 e. The molecule has 3 nitrogen and oxygen atoms in total. The van der Waals surface area contributed by atoms with E-state index in [1.807, 2.05) is 6.92 Å². The summed E-state index contributed by atoms with van der Waals surface area (Å²) >= 11 is 17.6. The number of carbonyl (C=O) groups is 1. The van der Waals surface area contributed by atoms with Gasteiger partial charge >= 0.3 is 0 Å². The number of hydrogen-bond donors (Lipinski definition) is 2. The molecule has 2 N–H and O–H groups in total. The highest BCUT2D eigenvalue weighted by atomic mass is 35.5. The largest absolute Gasteiger partial charge is 0.504 e. The van der Waals surface area contributed by atoms with Crippen LogP contribution in [0.5, 0.6) is 5.75 Å². The summed E-state index contributed by atoms with van der Waals surface area (Å²) in [5.41, 5.74) is 1.37. The maximum Gasteiger partial charge on any atom is 0.257 e. The molecule has 104 valence electrons. The van der Waals surface area contributed by atoms with Crippen molar-refractivity contribution in [2.24, 2.45) is 0 Å². The average molecular weight is 331 g/mol. The molecule has 2 rings (SSSR count). The monoisotopic (exact) mass is 329 g/mol. The second kappa shape index (κ2) is 5.92. The van der Waals surface area contributed by atoms with Gasteiger partial charge < -0.3 is 10.4 Å². The molecule has 0 heterocycles. The molecule has 0 unspecified atom stereocenters. The number of phenolic OH excluding ortho intramolecular Hbond substituents is 1. The second-order valence-electron chi connectivity index (χ2n) is 4.22. The number of phenols is 1. The Kier molecular flexibility index (Phi) is 4.43. The van der Waals surface area contributed by atoms with Crippen LogP contribution in [-0.2, 0) is 0 Å². The third-order valence-corrected chi connectivity index (χ3v) is 3.46. The molecule has 0 aliphatic rings. The molecule has 0 aliphatic heterocycles. The highest BCUT2D eigenvalue weighted by Crippen LogP contribution is 2.35. The van der Waals surface area contributed by atoms with Gasteiger partial charge in [0.2, 0.25) is 0 Å². The lowest BCUT2D eigenvalue weighted by Crippen LogP contribution is -2.12. The van der Waals surface area contributed by atoms with E-state index in [-0.39, 0.29) is 16.5 Å². The summed E-state index contributed by atoms with van der Waals surface area (Å²) in [6.07, 6.45) is 0. The van der Waals surface area contributed by atoms with Gasteiger partial charge in [-0.25, -0.2) is 0 Å². The smallest absolute Gasteiger partial charge is 0.257 e. The van der Waals surface area contributed by atoms with Crippen molar-refractivity contribution in [1.29, 1.82) is 0 Å². The normalized spacial score (nSPS) is 10.4.